The number of halogens is 1. The summed E-state index contributed by atoms with van der Waals surface area (Å²) in [7, 11) is -3.44. The number of rotatable bonds is 8. The zero-order valence-electron chi connectivity index (χ0n) is 17.6. The van der Waals surface area contributed by atoms with Crippen LogP contribution in [-0.4, -0.2) is 40.7 Å². The lowest BCUT2D eigenvalue weighted by Gasteiger charge is -2.11. The molecule has 4 rings (SSSR count). The highest BCUT2D eigenvalue weighted by atomic mass is 32.2. The van der Waals surface area contributed by atoms with Gasteiger partial charge >= 0.3 is 0 Å². The standard InChI is InChI=1S/C20H19FN6O4S2/c1-3-16(28)25-18(19-27-26-17(31-19)10-23-33(2,29)30)20-24-13-6-4-11(8-14(13)32-20)12-5-7-15(21)22-9-12/h4-9,18,23H,3,10H2,1-2H3,(H,25,28). The van der Waals surface area contributed by atoms with E-state index >= 15 is 0 Å². The first-order valence-corrected chi connectivity index (χ1v) is 12.5. The van der Waals surface area contributed by atoms with E-state index in [9.17, 15) is 17.6 Å². The van der Waals surface area contributed by atoms with Gasteiger partial charge in [0.15, 0.2) is 6.04 Å². The third kappa shape index (κ3) is 5.56. The van der Waals surface area contributed by atoms with Crippen LogP contribution in [0.4, 0.5) is 4.39 Å². The van der Waals surface area contributed by atoms with Gasteiger partial charge in [0, 0.05) is 18.2 Å². The molecule has 2 N–H and O–H groups in total. The molecule has 0 bridgehead atoms. The van der Waals surface area contributed by atoms with Crippen LogP contribution >= 0.6 is 11.3 Å². The van der Waals surface area contributed by atoms with Gasteiger partial charge in [-0.25, -0.2) is 23.1 Å². The number of fused-ring (bicyclic) bond motifs is 1. The number of amides is 1. The topological polar surface area (TPSA) is 140 Å². The fraction of sp³-hybridized carbons (Fsp3) is 0.250. The van der Waals surface area contributed by atoms with E-state index in [4.69, 9.17) is 4.42 Å². The minimum absolute atomic E-state index is 0.0541. The maximum atomic E-state index is 13.1. The second-order valence-corrected chi connectivity index (χ2v) is 9.98. The van der Waals surface area contributed by atoms with Gasteiger partial charge in [-0.15, -0.1) is 21.5 Å². The summed E-state index contributed by atoms with van der Waals surface area (Å²) >= 11 is 1.33. The number of sulfonamides is 1. The van der Waals surface area contributed by atoms with Crippen LogP contribution in [0.1, 0.15) is 36.2 Å². The van der Waals surface area contributed by atoms with Crippen LogP contribution in [0.15, 0.2) is 40.9 Å². The van der Waals surface area contributed by atoms with E-state index in [0.29, 0.717) is 10.5 Å². The van der Waals surface area contributed by atoms with Gasteiger partial charge in [0.1, 0.15) is 5.01 Å². The second kappa shape index (κ2) is 9.29. The number of carbonyl (C=O) groups excluding carboxylic acids is 1. The van der Waals surface area contributed by atoms with Gasteiger partial charge in [-0.2, -0.15) is 4.39 Å². The van der Waals surface area contributed by atoms with Gasteiger partial charge in [0.05, 0.1) is 23.0 Å². The van der Waals surface area contributed by atoms with Gasteiger partial charge in [-0.1, -0.05) is 13.0 Å². The minimum atomic E-state index is -3.44. The Kier molecular flexibility index (Phi) is 6.44. The Bertz CT molecular complexity index is 1400. The molecule has 0 aliphatic rings. The van der Waals surface area contributed by atoms with Crippen molar-refractivity contribution in [3.63, 3.8) is 0 Å². The monoisotopic (exact) mass is 490 g/mol. The van der Waals surface area contributed by atoms with Crippen LogP contribution in [0.25, 0.3) is 21.3 Å². The molecule has 0 saturated heterocycles. The number of benzene rings is 1. The Morgan fingerprint density at radius 3 is 2.70 bits per heavy atom. The zero-order valence-corrected chi connectivity index (χ0v) is 19.2. The average molecular weight is 491 g/mol. The van der Waals surface area contributed by atoms with Crippen molar-refractivity contribution < 1.29 is 22.0 Å². The fourth-order valence-corrected chi connectivity index (χ4v) is 4.37. The number of hydrogen-bond donors (Lipinski definition) is 2. The largest absolute Gasteiger partial charge is 0.421 e. The highest BCUT2D eigenvalue weighted by Gasteiger charge is 2.26. The molecule has 1 unspecified atom stereocenters. The van der Waals surface area contributed by atoms with Gasteiger partial charge in [0.25, 0.3) is 0 Å². The van der Waals surface area contributed by atoms with E-state index in [1.54, 1.807) is 13.0 Å². The first kappa shape index (κ1) is 22.9. The fourth-order valence-electron chi connectivity index (χ4n) is 2.93. The van der Waals surface area contributed by atoms with Crippen molar-refractivity contribution in [1.29, 1.82) is 0 Å². The van der Waals surface area contributed by atoms with E-state index in [1.807, 2.05) is 18.2 Å². The Balaban J connectivity index is 1.67. The molecule has 0 aliphatic carbocycles. The molecule has 0 spiro atoms. The van der Waals surface area contributed by atoms with Crippen LogP contribution in [0, 0.1) is 5.95 Å². The first-order chi connectivity index (χ1) is 15.7. The summed E-state index contributed by atoms with van der Waals surface area (Å²) in [6.07, 6.45) is 2.71. The van der Waals surface area contributed by atoms with Gasteiger partial charge in [0.2, 0.25) is 33.7 Å². The lowest BCUT2D eigenvalue weighted by atomic mass is 10.1. The van der Waals surface area contributed by atoms with E-state index in [1.165, 1.54) is 23.6 Å². The normalized spacial score (nSPS) is 12.7. The molecule has 13 heteroatoms. The molecule has 3 aromatic heterocycles. The maximum Gasteiger partial charge on any atom is 0.245 e. The average Bonchev–Trinajstić information content (AvgIpc) is 3.42. The summed E-state index contributed by atoms with van der Waals surface area (Å²) in [6.45, 7) is 1.54. The molecular weight excluding hydrogens is 471 g/mol. The third-order valence-electron chi connectivity index (χ3n) is 4.55. The number of carbonyl (C=O) groups is 1. The van der Waals surface area contributed by atoms with Crippen molar-refractivity contribution in [3.05, 3.63) is 59.3 Å². The number of nitrogens with one attached hydrogen (secondary N) is 2. The van der Waals surface area contributed by atoms with Gasteiger partial charge in [-0.05, 0) is 29.8 Å². The number of aromatic nitrogens is 4. The molecule has 0 aliphatic heterocycles. The van der Waals surface area contributed by atoms with Crippen LogP contribution in [-0.2, 0) is 21.4 Å². The smallest absolute Gasteiger partial charge is 0.245 e. The summed E-state index contributed by atoms with van der Waals surface area (Å²) in [4.78, 5) is 20.5. The van der Waals surface area contributed by atoms with E-state index in [2.05, 4.69) is 30.2 Å². The van der Waals surface area contributed by atoms with Crippen molar-refractivity contribution in [3.8, 4) is 11.1 Å². The number of nitrogens with zero attached hydrogens (tertiary/aromatic N) is 4. The molecule has 0 saturated carbocycles. The van der Waals surface area contributed by atoms with E-state index in [0.717, 1.165) is 22.1 Å². The molecule has 1 amide bonds. The van der Waals surface area contributed by atoms with Gasteiger partial charge in [-0.3, -0.25) is 4.79 Å². The molecule has 0 radical (unpaired) electrons. The molecule has 10 nitrogen and oxygen atoms in total. The van der Waals surface area contributed by atoms with Crippen molar-refractivity contribution in [1.82, 2.24) is 30.2 Å². The molecular formula is C20H19FN6O4S2. The quantitative estimate of drug-likeness (QED) is 0.359. The van der Waals surface area contributed by atoms with Crippen LogP contribution in [0.2, 0.25) is 0 Å². The summed E-state index contributed by atoms with van der Waals surface area (Å²) in [5.41, 5.74) is 2.29. The predicted octanol–water partition coefficient (Wildman–Crippen LogP) is 2.55. The number of hydrogen-bond acceptors (Lipinski definition) is 9. The first-order valence-electron chi connectivity index (χ1n) is 9.80. The molecule has 4 aromatic rings. The number of pyridine rings is 1. The second-order valence-electron chi connectivity index (χ2n) is 7.09. The lowest BCUT2D eigenvalue weighted by molar-refractivity contribution is -0.121. The Morgan fingerprint density at radius 1 is 1.21 bits per heavy atom. The third-order valence-corrected chi connectivity index (χ3v) is 6.31. The SMILES string of the molecule is CCC(=O)NC(c1nnc(CNS(C)(=O)=O)o1)c1nc2ccc(-c3ccc(F)nc3)cc2s1. The van der Waals surface area contributed by atoms with Crippen molar-refractivity contribution in [2.75, 3.05) is 6.26 Å². The Hall–Kier alpha value is -3.29. The van der Waals surface area contributed by atoms with Crippen LogP contribution in [0.5, 0.6) is 0 Å². The summed E-state index contributed by atoms with van der Waals surface area (Å²) in [5.74, 6) is -0.658. The minimum Gasteiger partial charge on any atom is -0.421 e. The van der Waals surface area contributed by atoms with Crippen molar-refractivity contribution in [2.45, 2.75) is 25.9 Å². The van der Waals surface area contributed by atoms with Crippen molar-refractivity contribution >= 4 is 37.5 Å². The van der Waals surface area contributed by atoms with Gasteiger partial charge < -0.3 is 9.73 Å². The number of thiazole rings is 1. The van der Waals surface area contributed by atoms with E-state index in [-0.39, 0.29) is 30.7 Å². The Labute approximate surface area is 192 Å². The lowest BCUT2D eigenvalue weighted by Crippen LogP contribution is -2.28. The van der Waals surface area contributed by atoms with Crippen molar-refractivity contribution in [2.24, 2.45) is 0 Å². The molecule has 33 heavy (non-hydrogen) atoms. The molecule has 1 aromatic carbocycles. The highest BCUT2D eigenvalue weighted by Crippen LogP contribution is 2.32. The highest BCUT2D eigenvalue weighted by molar-refractivity contribution is 7.88. The maximum absolute atomic E-state index is 13.1. The molecule has 3 heterocycles. The zero-order chi connectivity index (χ0) is 23.6. The Morgan fingerprint density at radius 2 is 2.00 bits per heavy atom. The molecule has 1 atom stereocenters. The predicted molar refractivity (Wildman–Crippen MR) is 119 cm³/mol. The summed E-state index contributed by atoms with van der Waals surface area (Å²) in [5, 5.41) is 11.2. The molecule has 0 fully saturated rings. The summed E-state index contributed by atoms with van der Waals surface area (Å²) < 4.78 is 44.5. The van der Waals surface area contributed by atoms with Crippen LogP contribution in [0.3, 0.4) is 0 Å². The van der Waals surface area contributed by atoms with E-state index < -0.39 is 22.0 Å². The summed E-state index contributed by atoms with van der Waals surface area (Å²) in [6, 6.07) is 7.70. The molecule has 172 valence electrons. The van der Waals surface area contributed by atoms with Crippen LogP contribution < -0.4 is 10.0 Å².